The molecule has 1 aliphatic heterocycles. The predicted octanol–water partition coefficient (Wildman–Crippen LogP) is 2.87. The van der Waals surface area contributed by atoms with Gasteiger partial charge in [-0.05, 0) is 50.6 Å². The number of benzene rings is 1. The molecule has 0 aromatic heterocycles. The zero-order valence-corrected chi connectivity index (χ0v) is 13.1. The molecule has 2 fully saturated rings. The molecule has 0 bridgehead atoms. The molecular weight excluding hydrogens is 260 g/mol. The van der Waals surface area contributed by atoms with E-state index >= 15 is 0 Å². The summed E-state index contributed by atoms with van der Waals surface area (Å²) in [6.45, 7) is 6.03. The molecule has 1 aromatic rings. The summed E-state index contributed by atoms with van der Waals surface area (Å²) in [5.74, 6) is 0.760. The average Bonchev–Trinajstić information content (AvgIpc) is 3.31. The first kappa shape index (κ1) is 14.6. The zero-order valence-electron chi connectivity index (χ0n) is 13.1. The second-order valence-electron chi connectivity index (χ2n) is 6.73. The van der Waals surface area contributed by atoms with Crippen molar-refractivity contribution in [3.8, 4) is 0 Å². The molecule has 3 heteroatoms. The van der Waals surface area contributed by atoms with Crippen molar-refractivity contribution in [2.75, 3.05) is 6.54 Å². The van der Waals surface area contributed by atoms with Crippen LogP contribution in [0.2, 0.25) is 0 Å². The highest BCUT2D eigenvalue weighted by molar-refractivity contribution is 5.83. The minimum atomic E-state index is 0.0183. The van der Waals surface area contributed by atoms with Crippen LogP contribution >= 0.6 is 0 Å². The number of carbonyl (C=O) groups excluding carboxylic acids is 1. The largest absolute Gasteiger partial charge is 0.334 e. The SMILES string of the molecule is Cc1ccc(CN(C(=O)C2NCCCC2C)C2CC2)cc1. The fraction of sp³-hybridized carbons (Fsp3) is 0.611. The van der Waals surface area contributed by atoms with E-state index in [-0.39, 0.29) is 6.04 Å². The minimum Gasteiger partial charge on any atom is -0.334 e. The number of hydrogen-bond donors (Lipinski definition) is 1. The molecule has 1 N–H and O–H groups in total. The number of piperidine rings is 1. The number of nitrogens with one attached hydrogen (secondary N) is 1. The molecule has 1 heterocycles. The van der Waals surface area contributed by atoms with Gasteiger partial charge in [0.2, 0.25) is 5.91 Å². The fourth-order valence-electron chi connectivity index (χ4n) is 3.22. The Kier molecular flexibility index (Phi) is 4.29. The van der Waals surface area contributed by atoms with Crippen molar-refractivity contribution in [3.05, 3.63) is 35.4 Å². The normalized spacial score (nSPS) is 25.6. The summed E-state index contributed by atoms with van der Waals surface area (Å²) in [5, 5.41) is 3.44. The monoisotopic (exact) mass is 286 g/mol. The van der Waals surface area contributed by atoms with Gasteiger partial charge in [0.25, 0.3) is 0 Å². The number of amides is 1. The van der Waals surface area contributed by atoms with Gasteiger partial charge < -0.3 is 10.2 Å². The summed E-state index contributed by atoms with van der Waals surface area (Å²) < 4.78 is 0. The van der Waals surface area contributed by atoms with Gasteiger partial charge in [-0.1, -0.05) is 36.8 Å². The Balaban J connectivity index is 1.71. The smallest absolute Gasteiger partial charge is 0.240 e. The molecule has 1 saturated carbocycles. The summed E-state index contributed by atoms with van der Waals surface area (Å²) in [5.41, 5.74) is 2.51. The van der Waals surface area contributed by atoms with Gasteiger partial charge >= 0.3 is 0 Å². The van der Waals surface area contributed by atoms with Crippen LogP contribution in [0, 0.1) is 12.8 Å². The Labute approximate surface area is 127 Å². The summed E-state index contributed by atoms with van der Waals surface area (Å²) >= 11 is 0. The first-order valence-electron chi connectivity index (χ1n) is 8.24. The molecule has 0 radical (unpaired) electrons. The zero-order chi connectivity index (χ0) is 14.8. The average molecular weight is 286 g/mol. The molecule has 1 amide bonds. The molecule has 3 nitrogen and oxygen atoms in total. The van der Waals surface area contributed by atoms with E-state index in [1.807, 2.05) is 0 Å². The van der Waals surface area contributed by atoms with Gasteiger partial charge in [-0.3, -0.25) is 4.79 Å². The van der Waals surface area contributed by atoms with E-state index in [0.717, 1.165) is 19.5 Å². The Morgan fingerprint density at radius 1 is 1.24 bits per heavy atom. The van der Waals surface area contributed by atoms with E-state index < -0.39 is 0 Å². The van der Waals surface area contributed by atoms with Gasteiger partial charge in [0, 0.05) is 12.6 Å². The van der Waals surface area contributed by atoms with Crippen LogP contribution in [0.15, 0.2) is 24.3 Å². The third-order valence-electron chi connectivity index (χ3n) is 4.78. The number of carbonyl (C=O) groups is 1. The maximum absolute atomic E-state index is 12.9. The van der Waals surface area contributed by atoms with Gasteiger partial charge in [0.15, 0.2) is 0 Å². The maximum Gasteiger partial charge on any atom is 0.240 e. The van der Waals surface area contributed by atoms with Crippen molar-refractivity contribution in [1.82, 2.24) is 10.2 Å². The highest BCUT2D eigenvalue weighted by Crippen LogP contribution is 2.30. The van der Waals surface area contributed by atoms with Gasteiger partial charge in [-0.25, -0.2) is 0 Å². The lowest BCUT2D eigenvalue weighted by Crippen LogP contribution is -2.52. The quantitative estimate of drug-likeness (QED) is 0.923. The number of rotatable bonds is 4. The van der Waals surface area contributed by atoms with Gasteiger partial charge in [0.05, 0.1) is 6.04 Å². The molecule has 2 atom stereocenters. The van der Waals surface area contributed by atoms with E-state index in [1.165, 1.54) is 30.4 Å². The van der Waals surface area contributed by atoms with Crippen molar-refractivity contribution in [1.29, 1.82) is 0 Å². The predicted molar refractivity (Wildman–Crippen MR) is 84.9 cm³/mol. The van der Waals surface area contributed by atoms with Gasteiger partial charge in [-0.2, -0.15) is 0 Å². The molecule has 114 valence electrons. The van der Waals surface area contributed by atoms with E-state index in [2.05, 4.69) is 48.3 Å². The Bertz CT molecular complexity index is 492. The molecular formula is C18H26N2O. The Hall–Kier alpha value is -1.35. The standard InChI is InChI=1S/C18H26N2O/c1-13-5-7-15(8-6-13)12-20(16-9-10-16)18(21)17-14(2)4-3-11-19-17/h5-8,14,16-17,19H,3-4,9-12H2,1-2H3. The van der Waals surface area contributed by atoms with E-state index in [9.17, 15) is 4.79 Å². The van der Waals surface area contributed by atoms with Crippen molar-refractivity contribution in [3.63, 3.8) is 0 Å². The van der Waals surface area contributed by atoms with Crippen LogP contribution in [0.4, 0.5) is 0 Å². The summed E-state index contributed by atoms with van der Waals surface area (Å²) in [4.78, 5) is 15.0. The molecule has 2 aliphatic rings. The summed E-state index contributed by atoms with van der Waals surface area (Å²) in [6.07, 6.45) is 4.68. The number of nitrogens with zero attached hydrogens (tertiary/aromatic N) is 1. The van der Waals surface area contributed by atoms with Crippen molar-refractivity contribution >= 4 is 5.91 Å². The third-order valence-corrected chi connectivity index (χ3v) is 4.78. The number of hydrogen-bond acceptors (Lipinski definition) is 2. The van der Waals surface area contributed by atoms with Crippen LogP contribution < -0.4 is 5.32 Å². The summed E-state index contributed by atoms with van der Waals surface area (Å²) in [7, 11) is 0. The Morgan fingerprint density at radius 3 is 2.57 bits per heavy atom. The first-order valence-corrected chi connectivity index (χ1v) is 8.24. The van der Waals surface area contributed by atoms with E-state index in [4.69, 9.17) is 0 Å². The van der Waals surface area contributed by atoms with E-state index in [0.29, 0.717) is 17.9 Å². The highest BCUT2D eigenvalue weighted by atomic mass is 16.2. The fourth-order valence-corrected chi connectivity index (χ4v) is 3.22. The summed E-state index contributed by atoms with van der Waals surface area (Å²) in [6, 6.07) is 9.05. The molecule has 0 spiro atoms. The molecule has 2 unspecified atom stereocenters. The Morgan fingerprint density at radius 2 is 1.95 bits per heavy atom. The van der Waals surface area contributed by atoms with Crippen molar-refractivity contribution in [2.45, 2.75) is 58.2 Å². The molecule has 1 aliphatic carbocycles. The second kappa shape index (κ2) is 6.18. The molecule has 1 aromatic carbocycles. The van der Waals surface area contributed by atoms with Gasteiger partial charge in [0.1, 0.15) is 0 Å². The van der Waals surface area contributed by atoms with Crippen LogP contribution in [0.25, 0.3) is 0 Å². The number of aryl methyl sites for hydroxylation is 1. The minimum absolute atomic E-state index is 0.0183. The van der Waals surface area contributed by atoms with Crippen LogP contribution in [0.3, 0.4) is 0 Å². The van der Waals surface area contributed by atoms with E-state index in [1.54, 1.807) is 0 Å². The first-order chi connectivity index (χ1) is 10.1. The van der Waals surface area contributed by atoms with Crippen LogP contribution in [0.5, 0.6) is 0 Å². The molecule has 21 heavy (non-hydrogen) atoms. The maximum atomic E-state index is 12.9. The van der Waals surface area contributed by atoms with Crippen LogP contribution in [0.1, 0.15) is 43.7 Å². The van der Waals surface area contributed by atoms with Gasteiger partial charge in [-0.15, -0.1) is 0 Å². The lowest BCUT2D eigenvalue weighted by atomic mass is 9.91. The second-order valence-corrected chi connectivity index (χ2v) is 6.73. The molecule has 1 saturated heterocycles. The lowest BCUT2D eigenvalue weighted by molar-refractivity contribution is -0.136. The molecule has 3 rings (SSSR count). The topological polar surface area (TPSA) is 32.3 Å². The lowest BCUT2D eigenvalue weighted by Gasteiger charge is -2.34. The van der Waals surface area contributed by atoms with Crippen molar-refractivity contribution in [2.24, 2.45) is 5.92 Å². The van der Waals surface area contributed by atoms with Crippen LogP contribution in [-0.2, 0) is 11.3 Å². The third kappa shape index (κ3) is 3.46. The van der Waals surface area contributed by atoms with Crippen LogP contribution in [-0.4, -0.2) is 29.4 Å². The van der Waals surface area contributed by atoms with Crippen molar-refractivity contribution < 1.29 is 4.79 Å². The highest BCUT2D eigenvalue weighted by Gasteiger charge is 2.38.